The minimum absolute atomic E-state index is 0.0288. The van der Waals surface area contributed by atoms with Crippen LogP contribution in [0.1, 0.15) is 24.8 Å². The molecule has 2 heterocycles. The Morgan fingerprint density at radius 3 is 2.69 bits per heavy atom. The minimum atomic E-state index is -0.450. The molecule has 1 aromatic carbocycles. The average Bonchev–Trinajstić information content (AvgIpc) is 2.82. The van der Waals surface area contributed by atoms with Gasteiger partial charge in [0.05, 0.1) is 38.9 Å². The number of nitrogens with zero attached hydrogens (tertiary/aromatic N) is 2. The van der Waals surface area contributed by atoms with Crippen LogP contribution in [0.2, 0.25) is 0 Å². The van der Waals surface area contributed by atoms with Crippen LogP contribution in [-0.4, -0.2) is 93.9 Å². The van der Waals surface area contributed by atoms with E-state index in [1.54, 1.807) is 14.2 Å². The summed E-state index contributed by atoms with van der Waals surface area (Å²) in [6.07, 6.45) is 6.03. The number of ether oxygens (including phenoxy) is 3. The molecular formula is C24H35N3O5. The van der Waals surface area contributed by atoms with Crippen molar-refractivity contribution in [2.75, 3.05) is 60.2 Å². The molecule has 1 atom stereocenters. The van der Waals surface area contributed by atoms with Crippen molar-refractivity contribution < 1.29 is 23.8 Å². The predicted octanol–water partition coefficient (Wildman–Crippen LogP) is 1.55. The van der Waals surface area contributed by atoms with Gasteiger partial charge in [-0.1, -0.05) is 30.4 Å². The molecule has 3 rings (SSSR count). The van der Waals surface area contributed by atoms with Gasteiger partial charge in [-0.2, -0.15) is 0 Å². The van der Waals surface area contributed by atoms with Crippen LogP contribution in [-0.2, 0) is 19.1 Å². The summed E-state index contributed by atoms with van der Waals surface area (Å²) in [4.78, 5) is 29.4. The third-order valence-electron chi connectivity index (χ3n) is 6.02. The second-order valence-corrected chi connectivity index (χ2v) is 8.09. The fourth-order valence-corrected chi connectivity index (χ4v) is 4.19. The summed E-state index contributed by atoms with van der Waals surface area (Å²) in [7, 11) is 3.31. The zero-order chi connectivity index (χ0) is 22.8. The summed E-state index contributed by atoms with van der Waals surface area (Å²) in [5.74, 6) is 0.760. The van der Waals surface area contributed by atoms with Crippen LogP contribution in [0.4, 0.5) is 0 Å². The molecular weight excluding hydrogens is 410 g/mol. The smallest absolute Gasteiger partial charge is 0.237 e. The zero-order valence-corrected chi connectivity index (χ0v) is 19.1. The number of piperazine rings is 1. The maximum absolute atomic E-state index is 12.9. The van der Waals surface area contributed by atoms with Crippen LogP contribution >= 0.6 is 0 Å². The van der Waals surface area contributed by atoms with E-state index >= 15 is 0 Å². The predicted molar refractivity (Wildman–Crippen MR) is 122 cm³/mol. The van der Waals surface area contributed by atoms with Crippen molar-refractivity contribution in [2.24, 2.45) is 0 Å². The maximum Gasteiger partial charge on any atom is 0.237 e. The van der Waals surface area contributed by atoms with Crippen molar-refractivity contribution in [3.05, 3.63) is 35.9 Å². The van der Waals surface area contributed by atoms with E-state index in [2.05, 4.69) is 10.2 Å². The third kappa shape index (κ3) is 6.79. The van der Waals surface area contributed by atoms with E-state index in [0.29, 0.717) is 39.4 Å². The monoisotopic (exact) mass is 445 g/mol. The van der Waals surface area contributed by atoms with Gasteiger partial charge in [0.2, 0.25) is 11.8 Å². The number of methoxy groups -OCH3 is 2. The Morgan fingerprint density at radius 1 is 1.16 bits per heavy atom. The Morgan fingerprint density at radius 2 is 1.94 bits per heavy atom. The van der Waals surface area contributed by atoms with Gasteiger partial charge in [0.15, 0.2) is 0 Å². The van der Waals surface area contributed by atoms with Crippen molar-refractivity contribution in [2.45, 2.75) is 31.4 Å². The number of piperidine rings is 1. The van der Waals surface area contributed by atoms with Gasteiger partial charge in [0, 0.05) is 45.4 Å². The second kappa shape index (κ2) is 12.6. The molecule has 8 nitrogen and oxygen atoms in total. The summed E-state index contributed by atoms with van der Waals surface area (Å²) >= 11 is 0. The first-order chi connectivity index (χ1) is 15.6. The topological polar surface area (TPSA) is 80.3 Å². The molecule has 0 aliphatic carbocycles. The first kappa shape index (κ1) is 24.2. The number of benzene rings is 1. The SMILES string of the molecule is COCCOC1CCN(C(=O)CC2C(=O)NCCN2CC=Cc2ccccc2OC)CC1. The molecule has 176 valence electrons. The van der Waals surface area contributed by atoms with Crippen LogP contribution in [0.25, 0.3) is 6.08 Å². The number of carbonyl (C=O) groups is 2. The molecule has 2 fully saturated rings. The molecule has 0 bridgehead atoms. The van der Waals surface area contributed by atoms with Gasteiger partial charge in [0.25, 0.3) is 0 Å². The van der Waals surface area contributed by atoms with Gasteiger partial charge in [-0.3, -0.25) is 14.5 Å². The summed E-state index contributed by atoms with van der Waals surface area (Å²) in [5, 5.41) is 2.91. The van der Waals surface area contributed by atoms with E-state index in [4.69, 9.17) is 14.2 Å². The Hall–Kier alpha value is -2.42. The number of hydrogen-bond donors (Lipinski definition) is 1. The molecule has 1 unspecified atom stereocenters. The summed E-state index contributed by atoms with van der Waals surface area (Å²) in [6.45, 7) is 4.40. The molecule has 0 radical (unpaired) electrons. The molecule has 1 N–H and O–H groups in total. The van der Waals surface area contributed by atoms with E-state index in [1.807, 2.05) is 41.3 Å². The Labute approximate surface area is 190 Å². The van der Waals surface area contributed by atoms with Crippen LogP contribution in [0.15, 0.2) is 30.3 Å². The van der Waals surface area contributed by atoms with Crippen LogP contribution < -0.4 is 10.1 Å². The van der Waals surface area contributed by atoms with E-state index in [-0.39, 0.29) is 24.3 Å². The first-order valence-corrected chi connectivity index (χ1v) is 11.3. The van der Waals surface area contributed by atoms with Crippen LogP contribution in [0.5, 0.6) is 5.75 Å². The highest BCUT2D eigenvalue weighted by molar-refractivity contribution is 5.89. The highest BCUT2D eigenvalue weighted by Crippen LogP contribution is 2.20. The Kier molecular flexibility index (Phi) is 9.52. The number of nitrogens with one attached hydrogen (secondary N) is 1. The number of carbonyl (C=O) groups excluding carboxylic acids is 2. The number of rotatable bonds is 10. The van der Waals surface area contributed by atoms with Gasteiger partial charge in [-0.15, -0.1) is 0 Å². The Balaban J connectivity index is 1.52. The van der Waals surface area contributed by atoms with Crippen LogP contribution in [0, 0.1) is 0 Å². The molecule has 0 spiro atoms. The van der Waals surface area contributed by atoms with Crippen molar-refractivity contribution in [1.82, 2.24) is 15.1 Å². The lowest BCUT2D eigenvalue weighted by atomic mass is 10.0. The molecule has 8 heteroatoms. The highest BCUT2D eigenvalue weighted by atomic mass is 16.5. The molecule has 2 amide bonds. The third-order valence-corrected chi connectivity index (χ3v) is 6.02. The molecule has 0 saturated carbocycles. The summed E-state index contributed by atoms with van der Waals surface area (Å²) in [6, 6.07) is 7.35. The highest BCUT2D eigenvalue weighted by Gasteiger charge is 2.33. The quantitative estimate of drug-likeness (QED) is 0.551. The van der Waals surface area contributed by atoms with Crippen molar-refractivity contribution in [3.8, 4) is 5.75 Å². The standard InChI is InChI=1S/C24H35N3O5/c1-30-16-17-32-20-9-13-27(14-10-20)23(28)18-21-24(29)25-11-15-26(21)12-5-7-19-6-3-4-8-22(19)31-2/h3-8,20-21H,9-18H2,1-2H3,(H,25,29). The number of amides is 2. The van der Waals surface area contributed by atoms with Gasteiger partial charge in [0.1, 0.15) is 5.75 Å². The van der Waals surface area contributed by atoms with Crippen molar-refractivity contribution in [3.63, 3.8) is 0 Å². The Bertz CT molecular complexity index is 777. The molecule has 1 aromatic rings. The fraction of sp³-hybridized carbons (Fsp3) is 0.583. The van der Waals surface area contributed by atoms with Crippen molar-refractivity contribution >= 4 is 17.9 Å². The molecule has 0 aromatic heterocycles. The fourth-order valence-electron chi connectivity index (χ4n) is 4.19. The summed E-state index contributed by atoms with van der Waals surface area (Å²) < 4.78 is 16.2. The lowest BCUT2D eigenvalue weighted by Crippen LogP contribution is -2.57. The lowest BCUT2D eigenvalue weighted by molar-refractivity contribution is -0.140. The molecule has 32 heavy (non-hydrogen) atoms. The normalized spacial score (nSPS) is 20.5. The zero-order valence-electron chi connectivity index (χ0n) is 19.1. The molecule has 2 aliphatic heterocycles. The summed E-state index contributed by atoms with van der Waals surface area (Å²) in [5.41, 5.74) is 0.986. The van der Waals surface area contributed by atoms with Gasteiger partial charge in [-0.25, -0.2) is 0 Å². The lowest BCUT2D eigenvalue weighted by Gasteiger charge is -2.36. The molecule has 2 aliphatic rings. The van der Waals surface area contributed by atoms with Crippen molar-refractivity contribution in [1.29, 1.82) is 0 Å². The number of likely N-dealkylation sites (tertiary alicyclic amines) is 1. The second-order valence-electron chi connectivity index (χ2n) is 8.09. The van der Waals surface area contributed by atoms with Gasteiger partial charge >= 0.3 is 0 Å². The molecule has 2 saturated heterocycles. The minimum Gasteiger partial charge on any atom is -0.496 e. The maximum atomic E-state index is 12.9. The number of para-hydroxylation sites is 1. The van der Waals surface area contributed by atoms with E-state index in [1.165, 1.54) is 0 Å². The van der Waals surface area contributed by atoms with Crippen LogP contribution in [0.3, 0.4) is 0 Å². The largest absolute Gasteiger partial charge is 0.496 e. The van der Waals surface area contributed by atoms with E-state index in [9.17, 15) is 9.59 Å². The van der Waals surface area contributed by atoms with Gasteiger partial charge in [-0.05, 0) is 18.9 Å². The van der Waals surface area contributed by atoms with E-state index in [0.717, 1.165) is 30.7 Å². The van der Waals surface area contributed by atoms with E-state index < -0.39 is 6.04 Å². The van der Waals surface area contributed by atoms with Gasteiger partial charge < -0.3 is 24.4 Å². The average molecular weight is 446 g/mol. The number of hydrogen-bond acceptors (Lipinski definition) is 6. The first-order valence-electron chi connectivity index (χ1n) is 11.3.